The third kappa shape index (κ3) is 5.17. The number of hydrogen-bond donors (Lipinski definition) is 2. The quantitative estimate of drug-likeness (QED) is 0.0680. The number of carbonyl (C=O) groups is 2. The minimum absolute atomic E-state index is 0.118. The maximum atomic E-state index is 13.7. The van der Waals surface area contributed by atoms with Crippen LogP contribution in [0.4, 0.5) is 5.13 Å². The van der Waals surface area contributed by atoms with E-state index in [2.05, 4.69) is 31.1 Å². The number of Topliss-reactive ketones (excluding diaryl/α,β-unsaturated/α-hetero) is 1. The Labute approximate surface area is 262 Å². The molecule has 1 amide bonds. The van der Waals surface area contributed by atoms with Crippen LogP contribution in [0.25, 0.3) is 11.4 Å². The van der Waals surface area contributed by atoms with Crippen LogP contribution in [0.5, 0.6) is 11.5 Å². The number of fused-ring (bicyclic) bond motifs is 1. The predicted molar refractivity (Wildman–Crippen MR) is 168 cm³/mol. The lowest BCUT2D eigenvalue weighted by Crippen LogP contribution is -2.29. The molecule has 1 aliphatic rings. The number of halogens is 1. The number of aryl methyl sites for hydroxylation is 2. The number of ether oxygens (including phenoxy) is 1. The van der Waals surface area contributed by atoms with Crippen LogP contribution in [-0.2, 0) is 15.3 Å². The second-order valence-corrected chi connectivity index (χ2v) is 12.9. The maximum absolute atomic E-state index is 13.7. The molecule has 0 aliphatic carbocycles. The number of benzene rings is 2. The van der Waals surface area contributed by atoms with Gasteiger partial charge in [-0.25, -0.2) is 4.98 Å². The van der Waals surface area contributed by atoms with E-state index in [9.17, 15) is 19.8 Å². The Kier molecular flexibility index (Phi) is 7.71. The summed E-state index contributed by atoms with van der Waals surface area (Å²) in [5.41, 5.74) is 3.86. The van der Waals surface area contributed by atoms with Gasteiger partial charge >= 0.3 is 5.91 Å². The zero-order valence-electron chi connectivity index (χ0n) is 23.1. The van der Waals surface area contributed by atoms with Crippen molar-refractivity contribution in [1.29, 1.82) is 0 Å². The molecule has 0 radical (unpaired) electrons. The van der Waals surface area contributed by atoms with Gasteiger partial charge < -0.3 is 14.9 Å². The largest absolute Gasteiger partial charge is 0.505 e. The number of rotatable bonds is 7. The Bertz CT molecular complexity index is 1940. The van der Waals surface area contributed by atoms with Crippen molar-refractivity contribution in [1.82, 2.24) is 19.6 Å². The second kappa shape index (κ2) is 11.5. The van der Waals surface area contributed by atoms with E-state index in [-0.39, 0.29) is 38.1 Å². The topological polar surface area (TPSA) is 130 Å². The number of thioether (sulfide) groups is 1. The SMILES string of the molecule is COc1cc(C2C(=C(O)c3c(C)nc4ccccn34)C(=O)C(=O)N2c2nnc(SCc3ccc(C)cc3)s2)cc(Br)c1O. The second-order valence-electron chi connectivity index (χ2n) is 9.82. The molecule has 0 spiro atoms. The fourth-order valence-corrected chi connectivity index (χ4v) is 7.25. The Morgan fingerprint density at radius 2 is 1.88 bits per heavy atom. The van der Waals surface area contributed by atoms with Crippen molar-refractivity contribution in [2.24, 2.45) is 0 Å². The summed E-state index contributed by atoms with van der Waals surface area (Å²) in [6.07, 6.45) is 1.72. The molecule has 0 bridgehead atoms. The summed E-state index contributed by atoms with van der Waals surface area (Å²) in [5.74, 6) is -1.53. The molecule has 3 aromatic heterocycles. The van der Waals surface area contributed by atoms with Crippen molar-refractivity contribution < 1.29 is 24.5 Å². The van der Waals surface area contributed by atoms with Crippen LogP contribution in [0.2, 0.25) is 0 Å². The number of aliphatic hydroxyl groups excluding tert-OH is 1. The Balaban J connectivity index is 1.48. The molecule has 13 heteroatoms. The number of carbonyl (C=O) groups excluding carboxylic acids is 2. The Morgan fingerprint density at radius 1 is 1.12 bits per heavy atom. The van der Waals surface area contributed by atoms with Crippen LogP contribution in [0.15, 0.2) is 75.2 Å². The summed E-state index contributed by atoms with van der Waals surface area (Å²) in [4.78, 5) is 33.2. The van der Waals surface area contributed by atoms with E-state index in [0.717, 1.165) is 5.56 Å². The molecular formula is C30H24BrN5O5S2. The number of hydrogen-bond acceptors (Lipinski definition) is 10. The summed E-state index contributed by atoms with van der Waals surface area (Å²) in [6, 6.07) is 15.5. The molecule has 1 fully saturated rings. The first-order chi connectivity index (χ1) is 20.7. The van der Waals surface area contributed by atoms with Gasteiger partial charge in [-0.15, -0.1) is 10.2 Å². The number of phenols is 1. The molecular weight excluding hydrogens is 654 g/mol. The zero-order valence-corrected chi connectivity index (χ0v) is 26.3. The van der Waals surface area contributed by atoms with Crippen molar-refractivity contribution in [2.45, 2.75) is 30.0 Å². The smallest absolute Gasteiger partial charge is 0.301 e. The van der Waals surface area contributed by atoms with Gasteiger partial charge in [0.25, 0.3) is 5.78 Å². The molecule has 2 aromatic carbocycles. The van der Waals surface area contributed by atoms with Gasteiger partial charge in [0.05, 0.1) is 28.9 Å². The number of pyridine rings is 1. The first-order valence-electron chi connectivity index (χ1n) is 13.0. The van der Waals surface area contributed by atoms with Crippen molar-refractivity contribution in [2.75, 3.05) is 12.0 Å². The summed E-state index contributed by atoms with van der Waals surface area (Å²) < 4.78 is 7.91. The van der Waals surface area contributed by atoms with Gasteiger partial charge in [0.1, 0.15) is 11.3 Å². The summed E-state index contributed by atoms with van der Waals surface area (Å²) >= 11 is 5.98. The predicted octanol–water partition coefficient (Wildman–Crippen LogP) is 6.20. The molecule has 1 saturated heterocycles. The lowest BCUT2D eigenvalue weighted by molar-refractivity contribution is -0.132. The van der Waals surface area contributed by atoms with Crippen LogP contribution in [0, 0.1) is 13.8 Å². The number of nitrogens with zero attached hydrogens (tertiary/aromatic N) is 5. The van der Waals surface area contributed by atoms with Crippen LogP contribution in [0.1, 0.15) is 34.1 Å². The average molecular weight is 679 g/mol. The number of aromatic hydroxyl groups is 1. The van der Waals surface area contributed by atoms with E-state index in [1.54, 1.807) is 35.7 Å². The van der Waals surface area contributed by atoms with Crippen molar-refractivity contribution >= 4 is 67.3 Å². The number of amides is 1. The van der Waals surface area contributed by atoms with E-state index in [1.165, 1.54) is 46.7 Å². The van der Waals surface area contributed by atoms with Crippen molar-refractivity contribution in [3.05, 3.63) is 98.9 Å². The average Bonchev–Trinajstić information content (AvgIpc) is 3.67. The number of phenolic OH excluding ortho intramolecular Hbond substituents is 1. The molecule has 4 heterocycles. The van der Waals surface area contributed by atoms with Crippen molar-refractivity contribution in [3.63, 3.8) is 0 Å². The van der Waals surface area contributed by atoms with E-state index in [1.807, 2.05) is 37.3 Å². The highest BCUT2D eigenvalue weighted by molar-refractivity contribution is 9.10. The number of anilines is 1. The van der Waals surface area contributed by atoms with Crippen molar-refractivity contribution in [3.8, 4) is 11.5 Å². The number of imidazole rings is 1. The van der Waals surface area contributed by atoms with E-state index < -0.39 is 17.7 Å². The normalized spacial score (nSPS) is 16.4. The zero-order chi connectivity index (χ0) is 30.4. The Morgan fingerprint density at radius 3 is 2.63 bits per heavy atom. The molecule has 6 rings (SSSR count). The Hall–Kier alpha value is -4.20. The van der Waals surface area contributed by atoms with E-state index in [0.29, 0.717) is 27.0 Å². The molecule has 0 saturated carbocycles. The van der Waals surface area contributed by atoms with Gasteiger partial charge in [0, 0.05) is 11.9 Å². The van der Waals surface area contributed by atoms with Gasteiger partial charge in [-0.1, -0.05) is 59.0 Å². The van der Waals surface area contributed by atoms with Gasteiger partial charge in [-0.05, 0) is 65.2 Å². The lowest BCUT2D eigenvalue weighted by atomic mass is 9.96. The summed E-state index contributed by atoms with van der Waals surface area (Å²) in [7, 11) is 1.40. The third-order valence-corrected chi connectivity index (χ3v) is 9.78. The number of methoxy groups -OCH3 is 1. The van der Waals surface area contributed by atoms with Gasteiger partial charge in [-0.3, -0.25) is 18.9 Å². The third-order valence-electron chi connectivity index (χ3n) is 7.04. The molecule has 5 aromatic rings. The minimum Gasteiger partial charge on any atom is -0.505 e. The van der Waals surface area contributed by atoms with Gasteiger partial charge in [0.15, 0.2) is 21.6 Å². The number of aliphatic hydroxyl groups is 1. The van der Waals surface area contributed by atoms with Crippen LogP contribution < -0.4 is 9.64 Å². The van der Waals surface area contributed by atoms with Crippen LogP contribution >= 0.6 is 39.0 Å². The number of aromatic nitrogens is 4. The van der Waals surface area contributed by atoms with Gasteiger partial charge in [0.2, 0.25) is 5.13 Å². The monoisotopic (exact) mass is 677 g/mol. The minimum atomic E-state index is -1.11. The van der Waals surface area contributed by atoms with Gasteiger partial charge in [-0.2, -0.15) is 0 Å². The molecule has 1 atom stereocenters. The van der Waals surface area contributed by atoms with Crippen LogP contribution in [-0.4, -0.2) is 48.6 Å². The summed E-state index contributed by atoms with van der Waals surface area (Å²) in [5, 5.41) is 31.0. The fraction of sp³-hybridized carbons (Fsp3) is 0.167. The summed E-state index contributed by atoms with van der Waals surface area (Å²) in [6.45, 7) is 3.74. The molecule has 2 N–H and O–H groups in total. The van der Waals surface area contributed by atoms with E-state index >= 15 is 0 Å². The molecule has 43 heavy (non-hydrogen) atoms. The standard InChI is InChI=1S/C30H24BrN5O5S2/c1-15-7-9-17(10-8-15)14-42-30-34-33-29(43-30)36-24(18-12-19(31)25(37)20(13-18)41-3)22(27(39)28(36)40)26(38)23-16(2)32-21-6-4-5-11-35(21)23/h4-13,24,37-38H,14H2,1-3H3. The highest BCUT2D eigenvalue weighted by Crippen LogP contribution is 2.47. The van der Waals surface area contributed by atoms with E-state index in [4.69, 9.17) is 4.74 Å². The lowest BCUT2D eigenvalue weighted by Gasteiger charge is -2.23. The highest BCUT2D eigenvalue weighted by atomic mass is 79.9. The molecule has 1 unspecified atom stereocenters. The molecule has 218 valence electrons. The first-order valence-corrected chi connectivity index (χ1v) is 15.6. The maximum Gasteiger partial charge on any atom is 0.301 e. The first kappa shape index (κ1) is 28.9. The molecule has 10 nitrogen and oxygen atoms in total. The van der Waals surface area contributed by atoms with Crippen LogP contribution in [0.3, 0.4) is 0 Å². The number of ketones is 1. The fourth-order valence-electron chi connectivity index (χ4n) is 4.97. The molecule has 1 aliphatic heterocycles. The highest BCUT2D eigenvalue weighted by Gasteiger charge is 2.49.